The zero-order valence-electron chi connectivity index (χ0n) is 10.7. The van der Waals surface area contributed by atoms with Crippen molar-refractivity contribution in [2.75, 3.05) is 19.7 Å². The van der Waals surface area contributed by atoms with E-state index in [4.69, 9.17) is 21.4 Å². The molecule has 1 saturated heterocycles. The van der Waals surface area contributed by atoms with Crippen molar-refractivity contribution in [2.24, 2.45) is 0 Å². The molecule has 1 aliphatic rings. The fourth-order valence-corrected chi connectivity index (χ4v) is 2.46. The normalized spacial score (nSPS) is 16.6. The first kappa shape index (κ1) is 14.2. The maximum Gasteiger partial charge on any atom is 0.407 e. The van der Waals surface area contributed by atoms with E-state index in [-0.39, 0.29) is 6.10 Å². The number of likely N-dealkylation sites (tertiary alicyclic amines) is 1. The van der Waals surface area contributed by atoms with Gasteiger partial charge in [0, 0.05) is 18.1 Å². The number of benzene rings is 1. The van der Waals surface area contributed by atoms with Crippen molar-refractivity contribution in [1.29, 1.82) is 0 Å². The van der Waals surface area contributed by atoms with Crippen molar-refractivity contribution in [3.63, 3.8) is 0 Å². The molecule has 19 heavy (non-hydrogen) atoms. The number of carbonyl (C=O) groups is 1. The number of ether oxygens (including phenoxy) is 1. The monoisotopic (exact) mass is 283 g/mol. The number of hydrogen-bond donors (Lipinski definition) is 1. The quantitative estimate of drug-likeness (QED) is 0.924. The standard InChI is InChI=1S/C14H18ClNO3/c15-12-3-1-2-11(10-12)6-9-19-13-4-7-16(8-5-13)14(17)18/h1-3,10,13H,4-9H2,(H,17,18). The summed E-state index contributed by atoms with van der Waals surface area (Å²) in [4.78, 5) is 12.2. The van der Waals surface area contributed by atoms with Gasteiger partial charge in [0.15, 0.2) is 0 Å². The van der Waals surface area contributed by atoms with Crippen LogP contribution in [0, 0.1) is 0 Å². The average molecular weight is 284 g/mol. The molecule has 4 nitrogen and oxygen atoms in total. The lowest BCUT2D eigenvalue weighted by Crippen LogP contribution is -2.40. The van der Waals surface area contributed by atoms with E-state index in [9.17, 15) is 4.79 Å². The molecular formula is C14H18ClNO3. The molecule has 0 spiro atoms. The highest BCUT2D eigenvalue weighted by atomic mass is 35.5. The van der Waals surface area contributed by atoms with E-state index in [0.717, 1.165) is 29.8 Å². The van der Waals surface area contributed by atoms with Crippen molar-refractivity contribution in [2.45, 2.75) is 25.4 Å². The molecule has 0 radical (unpaired) electrons. The van der Waals surface area contributed by atoms with Crippen LogP contribution in [0.3, 0.4) is 0 Å². The zero-order valence-corrected chi connectivity index (χ0v) is 11.5. The van der Waals surface area contributed by atoms with Gasteiger partial charge < -0.3 is 14.7 Å². The Hall–Kier alpha value is -1.26. The van der Waals surface area contributed by atoms with E-state index in [0.29, 0.717) is 19.7 Å². The second-order valence-corrected chi connectivity index (χ2v) is 5.16. The fraction of sp³-hybridized carbons (Fsp3) is 0.500. The van der Waals surface area contributed by atoms with Crippen LogP contribution in [0.1, 0.15) is 18.4 Å². The Bertz CT molecular complexity index is 430. The Morgan fingerprint density at radius 3 is 2.79 bits per heavy atom. The molecule has 1 N–H and O–H groups in total. The van der Waals surface area contributed by atoms with Crippen molar-refractivity contribution >= 4 is 17.7 Å². The SMILES string of the molecule is O=C(O)N1CCC(OCCc2cccc(Cl)c2)CC1. The highest BCUT2D eigenvalue weighted by Gasteiger charge is 2.22. The van der Waals surface area contributed by atoms with E-state index in [2.05, 4.69) is 0 Å². The maximum atomic E-state index is 10.8. The molecule has 104 valence electrons. The average Bonchev–Trinajstić information content (AvgIpc) is 2.39. The molecule has 0 aliphatic carbocycles. The van der Waals surface area contributed by atoms with Crippen LogP contribution in [-0.2, 0) is 11.2 Å². The third-order valence-corrected chi connectivity index (χ3v) is 3.58. The van der Waals surface area contributed by atoms with Gasteiger partial charge in [-0.1, -0.05) is 23.7 Å². The molecule has 5 heteroatoms. The van der Waals surface area contributed by atoms with Gasteiger partial charge in [0.2, 0.25) is 0 Å². The third-order valence-electron chi connectivity index (χ3n) is 3.35. The van der Waals surface area contributed by atoms with Crippen LogP contribution in [0.4, 0.5) is 4.79 Å². The maximum absolute atomic E-state index is 10.8. The molecule has 1 fully saturated rings. The molecule has 1 aromatic carbocycles. The first-order chi connectivity index (χ1) is 9.15. The van der Waals surface area contributed by atoms with E-state index in [1.165, 1.54) is 4.90 Å². The fourth-order valence-electron chi connectivity index (χ4n) is 2.25. The van der Waals surface area contributed by atoms with Crippen LogP contribution in [0.25, 0.3) is 0 Å². The summed E-state index contributed by atoms with van der Waals surface area (Å²) >= 11 is 5.92. The number of nitrogens with zero attached hydrogens (tertiary/aromatic N) is 1. The van der Waals surface area contributed by atoms with Crippen molar-refractivity contribution in [3.8, 4) is 0 Å². The van der Waals surface area contributed by atoms with Gasteiger partial charge in [-0.25, -0.2) is 4.79 Å². The van der Waals surface area contributed by atoms with Crippen molar-refractivity contribution in [1.82, 2.24) is 4.90 Å². The summed E-state index contributed by atoms with van der Waals surface area (Å²) in [6, 6.07) is 7.76. The minimum Gasteiger partial charge on any atom is -0.465 e. The molecule has 1 aliphatic heterocycles. The summed E-state index contributed by atoms with van der Waals surface area (Å²) < 4.78 is 5.79. The van der Waals surface area contributed by atoms with Crippen LogP contribution in [0.2, 0.25) is 5.02 Å². The number of carboxylic acid groups (broad SMARTS) is 1. The van der Waals surface area contributed by atoms with E-state index < -0.39 is 6.09 Å². The summed E-state index contributed by atoms with van der Waals surface area (Å²) in [6.07, 6.45) is 1.73. The lowest BCUT2D eigenvalue weighted by atomic mass is 10.1. The van der Waals surface area contributed by atoms with Crippen LogP contribution in [0.15, 0.2) is 24.3 Å². The summed E-state index contributed by atoms with van der Waals surface area (Å²) in [6.45, 7) is 1.78. The molecule has 0 bridgehead atoms. The predicted molar refractivity (Wildman–Crippen MR) is 73.7 cm³/mol. The number of halogens is 1. The van der Waals surface area contributed by atoms with Gasteiger partial charge in [-0.05, 0) is 37.0 Å². The molecule has 0 unspecified atom stereocenters. The minimum absolute atomic E-state index is 0.176. The molecule has 1 aromatic rings. The van der Waals surface area contributed by atoms with E-state index in [1.807, 2.05) is 24.3 Å². The number of amides is 1. The highest BCUT2D eigenvalue weighted by Crippen LogP contribution is 2.15. The van der Waals surface area contributed by atoms with Gasteiger partial charge in [0.05, 0.1) is 12.7 Å². The lowest BCUT2D eigenvalue weighted by Gasteiger charge is -2.29. The minimum atomic E-state index is -0.836. The van der Waals surface area contributed by atoms with Crippen LogP contribution in [0.5, 0.6) is 0 Å². The first-order valence-corrected chi connectivity index (χ1v) is 6.87. The Morgan fingerprint density at radius 1 is 1.42 bits per heavy atom. The van der Waals surface area contributed by atoms with Crippen LogP contribution >= 0.6 is 11.6 Å². The lowest BCUT2D eigenvalue weighted by molar-refractivity contribution is 0.0116. The van der Waals surface area contributed by atoms with Crippen molar-refractivity contribution in [3.05, 3.63) is 34.9 Å². The zero-order chi connectivity index (χ0) is 13.7. The molecule has 1 heterocycles. The van der Waals surface area contributed by atoms with Gasteiger partial charge in [0.25, 0.3) is 0 Å². The molecule has 0 saturated carbocycles. The van der Waals surface area contributed by atoms with Gasteiger partial charge in [-0.3, -0.25) is 0 Å². The van der Waals surface area contributed by atoms with Gasteiger partial charge in [-0.15, -0.1) is 0 Å². The summed E-state index contributed by atoms with van der Waals surface area (Å²) in [5.41, 5.74) is 1.16. The summed E-state index contributed by atoms with van der Waals surface area (Å²) in [5.74, 6) is 0. The smallest absolute Gasteiger partial charge is 0.407 e. The second kappa shape index (κ2) is 6.78. The Kier molecular flexibility index (Phi) is 5.05. The number of rotatable bonds is 4. The Morgan fingerprint density at radius 2 is 2.16 bits per heavy atom. The Balaban J connectivity index is 1.68. The summed E-state index contributed by atoms with van der Waals surface area (Å²) in [7, 11) is 0. The van der Waals surface area contributed by atoms with E-state index >= 15 is 0 Å². The second-order valence-electron chi connectivity index (χ2n) is 4.72. The Labute approximate surface area is 117 Å². The van der Waals surface area contributed by atoms with Crippen molar-refractivity contribution < 1.29 is 14.6 Å². The summed E-state index contributed by atoms with van der Waals surface area (Å²) in [5, 5.41) is 9.59. The number of piperidine rings is 1. The van der Waals surface area contributed by atoms with Gasteiger partial charge in [-0.2, -0.15) is 0 Å². The van der Waals surface area contributed by atoms with Crippen LogP contribution < -0.4 is 0 Å². The largest absolute Gasteiger partial charge is 0.465 e. The van der Waals surface area contributed by atoms with Gasteiger partial charge in [0.1, 0.15) is 0 Å². The molecule has 2 rings (SSSR count). The van der Waals surface area contributed by atoms with E-state index in [1.54, 1.807) is 0 Å². The predicted octanol–water partition coefficient (Wildman–Crippen LogP) is 3.04. The van der Waals surface area contributed by atoms with Crippen LogP contribution in [-0.4, -0.2) is 41.9 Å². The topological polar surface area (TPSA) is 49.8 Å². The first-order valence-electron chi connectivity index (χ1n) is 6.49. The number of hydrogen-bond acceptors (Lipinski definition) is 2. The molecular weight excluding hydrogens is 266 g/mol. The third kappa shape index (κ3) is 4.40. The molecule has 1 amide bonds. The van der Waals surface area contributed by atoms with Gasteiger partial charge >= 0.3 is 6.09 Å². The highest BCUT2D eigenvalue weighted by molar-refractivity contribution is 6.30. The molecule has 0 aromatic heterocycles. The molecule has 0 atom stereocenters.